The van der Waals surface area contributed by atoms with Gasteiger partial charge in [-0.3, -0.25) is 10.1 Å². The molecule has 0 amide bonds. The second-order valence-corrected chi connectivity index (χ2v) is 8.91. The summed E-state index contributed by atoms with van der Waals surface area (Å²) in [5.74, 6) is 0.103. The molecule has 31 heavy (non-hydrogen) atoms. The topological polar surface area (TPSA) is 110 Å². The van der Waals surface area contributed by atoms with Crippen LogP contribution in [0.25, 0.3) is 11.6 Å². The number of hydrogen-bond donors (Lipinski definition) is 0. The Morgan fingerprint density at radius 3 is 2.29 bits per heavy atom. The molecule has 0 atom stereocenters. The third kappa shape index (κ3) is 5.36. The number of nitriles is 1. The molecule has 0 saturated heterocycles. The normalized spacial score (nSPS) is 11.6. The SMILES string of the molecule is Cc1ccc(S(=O)(=O)Oc2ccc(/C=C(\C#N)c3ccc([N+](=O)[O-])cc3)cc2Br)cc1. The van der Waals surface area contributed by atoms with Gasteiger partial charge in [-0.25, -0.2) is 0 Å². The van der Waals surface area contributed by atoms with Crippen molar-refractivity contribution in [1.29, 1.82) is 5.26 Å². The molecule has 0 aromatic heterocycles. The van der Waals surface area contributed by atoms with Crippen LogP contribution in [0.4, 0.5) is 5.69 Å². The highest BCUT2D eigenvalue weighted by Gasteiger charge is 2.18. The van der Waals surface area contributed by atoms with Crippen molar-refractivity contribution < 1.29 is 17.5 Å². The van der Waals surface area contributed by atoms with Gasteiger partial charge in [0.25, 0.3) is 5.69 Å². The molecule has 9 heteroatoms. The smallest absolute Gasteiger partial charge is 0.339 e. The Bertz CT molecular complexity index is 1310. The van der Waals surface area contributed by atoms with Gasteiger partial charge in [0.15, 0.2) is 5.75 Å². The largest absolute Gasteiger partial charge is 0.378 e. The molecule has 0 aliphatic carbocycles. The number of nitro groups is 1. The maximum atomic E-state index is 12.5. The first-order chi connectivity index (χ1) is 14.7. The van der Waals surface area contributed by atoms with Gasteiger partial charge in [-0.1, -0.05) is 23.8 Å². The quantitative estimate of drug-likeness (QED) is 0.146. The zero-order chi connectivity index (χ0) is 22.6. The Morgan fingerprint density at radius 2 is 1.74 bits per heavy atom. The van der Waals surface area contributed by atoms with Gasteiger partial charge >= 0.3 is 10.1 Å². The number of rotatable bonds is 6. The highest BCUT2D eigenvalue weighted by Crippen LogP contribution is 2.30. The molecule has 0 N–H and O–H groups in total. The Hall–Kier alpha value is -3.48. The Morgan fingerprint density at radius 1 is 1.10 bits per heavy atom. The third-order valence-corrected chi connectivity index (χ3v) is 6.15. The lowest BCUT2D eigenvalue weighted by Gasteiger charge is -2.10. The van der Waals surface area contributed by atoms with Gasteiger partial charge in [-0.05, 0) is 76.5 Å². The van der Waals surface area contributed by atoms with Crippen molar-refractivity contribution in [1.82, 2.24) is 0 Å². The Kier molecular flexibility index (Phi) is 6.53. The molecule has 0 heterocycles. The van der Waals surface area contributed by atoms with Gasteiger partial charge in [0, 0.05) is 12.1 Å². The van der Waals surface area contributed by atoms with E-state index in [1.54, 1.807) is 30.3 Å². The van der Waals surface area contributed by atoms with Gasteiger partial charge in [0.1, 0.15) is 4.90 Å². The minimum Gasteiger partial charge on any atom is -0.378 e. The van der Waals surface area contributed by atoms with Crippen LogP contribution in [0.1, 0.15) is 16.7 Å². The van der Waals surface area contributed by atoms with E-state index in [0.717, 1.165) is 5.56 Å². The summed E-state index contributed by atoms with van der Waals surface area (Å²) in [5.41, 5.74) is 2.29. The van der Waals surface area contributed by atoms with E-state index >= 15 is 0 Å². The van der Waals surface area contributed by atoms with Crippen LogP contribution < -0.4 is 4.18 Å². The van der Waals surface area contributed by atoms with Crippen molar-refractivity contribution in [2.24, 2.45) is 0 Å². The number of aryl methyl sites for hydroxylation is 1. The molecule has 0 spiro atoms. The van der Waals surface area contributed by atoms with E-state index in [9.17, 15) is 23.8 Å². The average Bonchev–Trinajstić information content (AvgIpc) is 2.74. The molecule has 3 aromatic carbocycles. The molecular formula is C22H15BrN2O5S. The number of hydrogen-bond acceptors (Lipinski definition) is 6. The standard InChI is InChI=1S/C22H15BrN2O5S/c1-15-2-9-20(10-3-15)31(28,29)30-22-11-4-16(13-21(22)23)12-18(14-24)17-5-7-19(8-6-17)25(26)27/h2-13H,1H3/b18-12+. The van der Waals surface area contributed by atoms with Crippen molar-refractivity contribution in [2.75, 3.05) is 0 Å². The number of nitrogens with zero attached hydrogens (tertiary/aromatic N) is 2. The number of benzene rings is 3. The average molecular weight is 499 g/mol. The summed E-state index contributed by atoms with van der Waals surface area (Å²) in [7, 11) is -4.00. The van der Waals surface area contributed by atoms with Crippen molar-refractivity contribution in [2.45, 2.75) is 11.8 Å². The fraction of sp³-hybridized carbons (Fsp3) is 0.0455. The first-order valence-electron chi connectivity index (χ1n) is 8.87. The predicted octanol–water partition coefficient (Wildman–Crippen LogP) is 5.50. The molecule has 0 unspecified atom stereocenters. The minimum absolute atomic E-state index is 0.0407. The van der Waals surface area contributed by atoms with E-state index < -0.39 is 15.0 Å². The van der Waals surface area contributed by atoms with E-state index in [4.69, 9.17) is 4.18 Å². The van der Waals surface area contributed by atoms with Crippen molar-refractivity contribution in [3.8, 4) is 11.8 Å². The van der Waals surface area contributed by atoms with E-state index in [0.29, 0.717) is 21.2 Å². The summed E-state index contributed by atoms with van der Waals surface area (Å²) >= 11 is 3.30. The van der Waals surface area contributed by atoms with E-state index in [-0.39, 0.29) is 16.3 Å². The summed E-state index contributed by atoms with van der Waals surface area (Å²) < 4.78 is 30.6. The third-order valence-electron chi connectivity index (χ3n) is 4.29. The molecule has 3 aromatic rings. The van der Waals surface area contributed by atoms with Gasteiger partial charge in [0.05, 0.1) is 21.0 Å². The zero-order valence-corrected chi connectivity index (χ0v) is 18.6. The lowest BCUT2D eigenvalue weighted by Crippen LogP contribution is -2.10. The summed E-state index contributed by atoms with van der Waals surface area (Å²) in [5, 5.41) is 20.3. The van der Waals surface area contributed by atoms with Crippen LogP contribution in [0, 0.1) is 28.4 Å². The molecule has 0 radical (unpaired) electrons. The van der Waals surface area contributed by atoms with Gasteiger partial charge in [-0.15, -0.1) is 0 Å². The Balaban J connectivity index is 1.86. The fourth-order valence-corrected chi connectivity index (χ4v) is 4.19. The van der Waals surface area contributed by atoms with Crippen LogP contribution in [0.15, 0.2) is 76.1 Å². The molecule has 0 fully saturated rings. The minimum atomic E-state index is -4.00. The van der Waals surface area contributed by atoms with Gasteiger partial charge in [0.2, 0.25) is 0 Å². The summed E-state index contributed by atoms with van der Waals surface area (Å²) in [6.45, 7) is 1.85. The first-order valence-corrected chi connectivity index (χ1v) is 11.1. The second kappa shape index (κ2) is 9.12. The first kappa shape index (κ1) is 22.2. The van der Waals surface area contributed by atoms with E-state index in [2.05, 4.69) is 22.0 Å². The molecule has 7 nitrogen and oxygen atoms in total. The monoisotopic (exact) mass is 498 g/mol. The summed E-state index contributed by atoms with van der Waals surface area (Å²) in [6.07, 6.45) is 1.59. The van der Waals surface area contributed by atoms with Crippen LogP contribution in [0.2, 0.25) is 0 Å². The number of halogens is 1. The predicted molar refractivity (Wildman–Crippen MR) is 120 cm³/mol. The van der Waals surface area contributed by atoms with E-state index in [1.807, 2.05) is 6.92 Å². The Labute approximate surface area is 187 Å². The lowest BCUT2D eigenvalue weighted by atomic mass is 10.0. The maximum Gasteiger partial charge on any atom is 0.339 e. The highest BCUT2D eigenvalue weighted by atomic mass is 79.9. The molecular weight excluding hydrogens is 484 g/mol. The molecule has 0 saturated carbocycles. The van der Waals surface area contributed by atoms with Crippen LogP contribution in [-0.4, -0.2) is 13.3 Å². The van der Waals surface area contributed by atoms with Crippen molar-refractivity contribution in [3.63, 3.8) is 0 Å². The highest BCUT2D eigenvalue weighted by molar-refractivity contribution is 9.10. The van der Waals surface area contributed by atoms with Gasteiger partial charge < -0.3 is 4.18 Å². The van der Waals surface area contributed by atoms with Crippen LogP contribution >= 0.6 is 15.9 Å². The zero-order valence-electron chi connectivity index (χ0n) is 16.2. The number of allylic oxidation sites excluding steroid dienone is 1. The molecule has 0 aliphatic rings. The van der Waals surface area contributed by atoms with Crippen LogP contribution in [0.5, 0.6) is 5.75 Å². The van der Waals surface area contributed by atoms with Crippen LogP contribution in [0.3, 0.4) is 0 Å². The molecule has 156 valence electrons. The van der Waals surface area contributed by atoms with Crippen LogP contribution in [-0.2, 0) is 10.1 Å². The van der Waals surface area contributed by atoms with Gasteiger partial charge in [-0.2, -0.15) is 13.7 Å². The van der Waals surface area contributed by atoms with Crippen molar-refractivity contribution in [3.05, 3.63) is 98.0 Å². The summed E-state index contributed by atoms with van der Waals surface area (Å²) in [6, 6.07) is 18.7. The summed E-state index contributed by atoms with van der Waals surface area (Å²) in [4.78, 5) is 10.3. The molecule has 0 bridgehead atoms. The number of non-ortho nitro benzene ring substituents is 1. The van der Waals surface area contributed by atoms with E-state index in [1.165, 1.54) is 42.5 Å². The fourth-order valence-electron chi connectivity index (χ4n) is 2.66. The number of nitro benzene ring substituents is 1. The van der Waals surface area contributed by atoms with Crippen molar-refractivity contribution >= 4 is 43.4 Å². The maximum absolute atomic E-state index is 12.5. The molecule has 3 rings (SSSR count). The lowest BCUT2D eigenvalue weighted by molar-refractivity contribution is -0.384. The second-order valence-electron chi connectivity index (χ2n) is 6.51. The molecule has 0 aliphatic heterocycles.